The molecule has 96 valence electrons. The molecule has 0 fully saturated rings. The zero-order chi connectivity index (χ0) is 13.2. The fraction of sp³-hybridized carbons (Fsp3) is 0.500. The quantitative estimate of drug-likeness (QED) is 0.846. The van der Waals surface area contributed by atoms with Crippen LogP contribution in [-0.2, 0) is 9.84 Å². The Balaban J connectivity index is 3.08. The van der Waals surface area contributed by atoms with Crippen LogP contribution in [0.2, 0.25) is 0 Å². The first-order valence-electron chi connectivity index (χ1n) is 5.48. The zero-order valence-electron chi connectivity index (χ0n) is 10.5. The molecule has 0 aliphatic heterocycles. The molecule has 0 heterocycles. The highest BCUT2D eigenvalue weighted by Crippen LogP contribution is 2.21. The molecule has 1 aromatic rings. The summed E-state index contributed by atoms with van der Waals surface area (Å²) in [6.07, 6.45) is 1.11. The van der Waals surface area contributed by atoms with Crippen molar-refractivity contribution in [2.45, 2.75) is 31.7 Å². The Hall–Kier alpha value is -1.10. The van der Waals surface area contributed by atoms with E-state index in [2.05, 4.69) is 5.32 Å². The summed E-state index contributed by atoms with van der Waals surface area (Å²) in [7, 11) is -3.30. The molecular weight excluding hydrogens is 241 g/mol. The molecule has 0 saturated heterocycles. The summed E-state index contributed by atoms with van der Waals surface area (Å²) in [5.74, 6) is -0.110. The van der Waals surface area contributed by atoms with E-state index in [1.165, 1.54) is 18.2 Å². The summed E-state index contributed by atoms with van der Waals surface area (Å²) < 4.78 is 36.3. The summed E-state index contributed by atoms with van der Waals surface area (Å²) in [6.45, 7) is 5.95. The molecule has 0 aliphatic carbocycles. The van der Waals surface area contributed by atoms with Crippen LogP contribution in [0.3, 0.4) is 0 Å². The maximum atomic E-state index is 13.5. The Labute approximate surface area is 102 Å². The fourth-order valence-corrected chi connectivity index (χ4v) is 1.90. The number of sulfone groups is 1. The van der Waals surface area contributed by atoms with Crippen LogP contribution in [0.15, 0.2) is 23.1 Å². The van der Waals surface area contributed by atoms with Crippen LogP contribution in [0.4, 0.5) is 10.1 Å². The Bertz CT molecular complexity index is 497. The van der Waals surface area contributed by atoms with E-state index in [1.54, 1.807) is 0 Å². The molecule has 5 heteroatoms. The van der Waals surface area contributed by atoms with Crippen molar-refractivity contribution in [3.8, 4) is 0 Å². The van der Waals surface area contributed by atoms with E-state index in [-0.39, 0.29) is 16.6 Å². The van der Waals surface area contributed by atoms with E-state index in [0.717, 1.165) is 6.26 Å². The molecule has 0 bridgehead atoms. The van der Waals surface area contributed by atoms with E-state index in [1.807, 2.05) is 20.8 Å². The maximum absolute atomic E-state index is 13.5. The predicted molar refractivity (Wildman–Crippen MR) is 67.4 cm³/mol. The molecule has 1 unspecified atom stereocenters. The lowest BCUT2D eigenvalue weighted by Crippen LogP contribution is -2.22. The molecule has 1 atom stereocenters. The van der Waals surface area contributed by atoms with Gasteiger partial charge in [0.15, 0.2) is 9.84 Å². The molecule has 0 saturated carbocycles. The monoisotopic (exact) mass is 259 g/mol. The molecule has 0 spiro atoms. The van der Waals surface area contributed by atoms with Gasteiger partial charge in [-0.3, -0.25) is 0 Å². The molecule has 0 amide bonds. The average Bonchev–Trinajstić information content (AvgIpc) is 2.19. The number of benzene rings is 1. The van der Waals surface area contributed by atoms with Gasteiger partial charge in [0.1, 0.15) is 5.82 Å². The summed E-state index contributed by atoms with van der Waals surface area (Å²) in [6, 6.07) is 3.85. The minimum atomic E-state index is -3.30. The van der Waals surface area contributed by atoms with Crippen molar-refractivity contribution in [3.05, 3.63) is 24.0 Å². The van der Waals surface area contributed by atoms with Gasteiger partial charge < -0.3 is 5.32 Å². The number of nitrogens with one attached hydrogen (secondary N) is 1. The first-order chi connectivity index (χ1) is 7.71. The highest BCUT2D eigenvalue weighted by molar-refractivity contribution is 7.90. The lowest BCUT2D eigenvalue weighted by Gasteiger charge is -2.19. The van der Waals surface area contributed by atoms with E-state index in [9.17, 15) is 12.8 Å². The molecule has 1 rings (SSSR count). The first-order valence-corrected chi connectivity index (χ1v) is 7.37. The summed E-state index contributed by atoms with van der Waals surface area (Å²) in [4.78, 5) is 0.123. The topological polar surface area (TPSA) is 46.2 Å². The van der Waals surface area contributed by atoms with Crippen molar-refractivity contribution in [2.24, 2.45) is 5.92 Å². The van der Waals surface area contributed by atoms with Gasteiger partial charge in [0.25, 0.3) is 0 Å². The van der Waals surface area contributed by atoms with Crippen LogP contribution in [-0.4, -0.2) is 20.7 Å². The van der Waals surface area contributed by atoms with Crippen LogP contribution in [0.5, 0.6) is 0 Å². The van der Waals surface area contributed by atoms with Gasteiger partial charge >= 0.3 is 0 Å². The maximum Gasteiger partial charge on any atom is 0.175 e. The second-order valence-electron chi connectivity index (χ2n) is 4.59. The largest absolute Gasteiger partial charge is 0.380 e. The van der Waals surface area contributed by atoms with Crippen LogP contribution >= 0.6 is 0 Å². The van der Waals surface area contributed by atoms with Gasteiger partial charge in [-0.1, -0.05) is 13.8 Å². The highest BCUT2D eigenvalue weighted by atomic mass is 32.2. The van der Waals surface area contributed by atoms with Crippen molar-refractivity contribution < 1.29 is 12.8 Å². The molecule has 0 radical (unpaired) electrons. The first kappa shape index (κ1) is 14.0. The van der Waals surface area contributed by atoms with Crippen LogP contribution in [0.1, 0.15) is 20.8 Å². The SMILES string of the molecule is CC(C)C(C)Nc1cc(S(C)(=O)=O)ccc1F. The minimum Gasteiger partial charge on any atom is -0.380 e. The standard InChI is InChI=1S/C12H18FNO2S/c1-8(2)9(3)14-12-7-10(17(4,15)16)5-6-11(12)13/h5-9,14H,1-4H3. The third-order valence-corrected chi connectivity index (χ3v) is 3.86. The molecule has 1 aromatic carbocycles. The lowest BCUT2D eigenvalue weighted by molar-refractivity contribution is 0.551. The van der Waals surface area contributed by atoms with Crippen molar-refractivity contribution in [1.82, 2.24) is 0 Å². The number of halogens is 1. The highest BCUT2D eigenvalue weighted by Gasteiger charge is 2.13. The lowest BCUT2D eigenvalue weighted by atomic mass is 10.1. The van der Waals surface area contributed by atoms with E-state index in [0.29, 0.717) is 5.92 Å². The van der Waals surface area contributed by atoms with Crippen LogP contribution in [0, 0.1) is 11.7 Å². The minimum absolute atomic E-state index is 0.0688. The molecular formula is C12H18FNO2S. The third-order valence-electron chi connectivity index (χ3n) is 2.75. The molecule has 0 aliphatic rings. The summed E-state index contributed by atoms with van der Waals surface area (Å²) >= 11 is 0. The predicted octanol–water partition coefficient (Wildman–Crippen LogP) is 2.69. The molecule has 3 nitrogen and oxygen atoms in total. The number of anilines is 1. The zero-order valence-corrected chi connectivity index (χ0v) is 11.3. The fourth-order valence-electron chi connectivity index (χ4n) is 1.26. The van der Waals surface area contributed by atoms with E-state index < -0.39 is 15.7 Å². The third kappa shape index (κ3) is 3.70. The number of rotatable bonds is 4. The smallest absolute Gasteiger partial charge is 0.175 e. The van der Waals surface area contributed by atoms with Gasteiger partial charge in [0.05, 0.1) is 10.6 Å². The Morgan fingerprint density at radius 3 is 2.29 bits per heavy atom. The summed E-state index contributed by atoms with van der Waals surface area (Å²) in [5.41, 5.74) is 0.231. The van der Waals surface area contributed by atoms with Gasteiger partial charge in [-0.2, -0.15) is 0 Å². The van der Waals surface area contributed by atoms with Gasteiger partial charge in [0, 0.05) is 12.3 Å². The number of hydrogen-bond acceptors (Lipinski definition) is 3. The molecule has 1 N–H and O–H groups in total. The average molecular weight is 259 g/mol. The van der Waals surface area contributed by atoms with Crippen molar-refractivity contribution >= 4 is 15.5 Å². The van der Waals surface area contributed by atoms with Gasteiger partial charge in [0.2, 0.25) is 0 Å². The van der Waals surface area contributed by atoms with Gasteiger partial charge in [-0.25, -0.2) is 12.8 Å². The van der Waals surface area contributed by atoms with Gasteiger partial charge in [-0.15, -0.1) is 0 Å². The van der Waals surface area contributed by atoms with Crippen LogP contribution in [0.25, 0.3) is 0 Å². The normalized spacial score (nSPS) is 13.8. The van der Waals surface area contributed by atoms with Gasteiger partial charge in [-0.05, 0) is 31.0 Å². The van der Waals surface area contributed by atoms with E-state index in [4.69, 9.17) is 0 Å². The second kappa shape index (κ2) is 5.04. The van der Waals surface area contributed by atoms with E-state index >= 15 is 0 Å². The Morgan fingerprint density at radius 2 is 1.82 bits per heavy atom. The molecule has 17 heavy (non-hydrogen) atoms. The molecule has 0 aromatic heterocycles. The second-order valence-corrected chi connectivity index (χ2v) is 6.61. The Morgan fingerprint density at radius 1 is 1.24 bits per heavy atom. The Kier molecular flexibility index (Phi) is 4.14. The summed E-state index contributed by atoms with van der Waals surface area (Å²) in [5, 5.41) is 2.98. The van der Waals surface area contributed by atoms with Crippen molar-refractivity contribution in [2.75, 3.05) is 11.6 Å². The number of hydrogen-bond donors (Lipinski definition) is 1. The van der Waals surface area contributed by atoms with Crippen molar-refractivity contribution in [3.63, 3.8) is 0 Å². The van der Waals surface area contributed by atoms with Crippen LogP contribution < -0.4 is 5.32 Å². The van der Waals surface area contributed by atoms with Crippen molar-refractivity contribution in [1.29, 1.82) is 0 Å².